The van der Waals surface area contributed by atoms with Crippen molar-refractivity contribution in [3.05, 3.63) is 64.3 Å². The molecule has 1 N–H and O–H groups in total. The summed E-state index contributed by atoms with van der Waals surface area (Å²) in [6.45, 7) is 0.534. The van der Waals surface area contributed by atoms with Crippen LogP contribution in [-0.4, -0.2) is 32.3 Å². The van der Waals surface area contributed by atoms with Crippen LogP contribution in [0.15, 0.2) is 53.4 Å². The van der Waals surface area contributed by atoms with Gasteiger partial charge >= 0.3 is 0 Å². The monoisotopic (exact) mass is 465 g/mol. The fraction of sp³-hybridized carbons (Fsp3) is 0.409. The normalized spacial score (nSPS) is 19.2. The van der Waals surface area contributed by atoms with E-state index in [4.69, 9.17) is 16.3 Å². The highest BCUT2D eigenvalue weighted by Gasteiger charge is 2.31. The minimum atomic E-state index is -3.78. The Hall–Kier alpha value is -2.13. The smallest absolute Gasteiger partial charge is 0.243 e. The summed E-state index contributed by atoms with van der Waals surface area (Å²) in [7, 11) is -2.21. The van der Waals surface area contributed by atoms with Crippen molar-refractivity contribution in [1.29, 1.82) is 0 Å². The molecule has 0 radical (unpaired) electrons. The Morgan fingerprint density at radius 3 is 2.42 bits per heavy atom. The summed E-state index contributed by atoms with van der Waals surface area (Å²) < 4.78 is 33.5. The molecule has 1 aliphatic carbocycles. The molecule has 1 saturated carbocycles. The number of benzene rings is 2. The number of methoxy groups -OCH3 is 1. The van der Waals surface area contributed by atoms with Crippen LogP contribution < -0.4 is 10.2 Å². The summed E-state index contributed by atoms with van der Waals surface area (Å²) in [5.74, 6) is 0.0132. The van der Waals surface area contributed by atoms with Gasteiger partial charge in [0.05, 0.1) is 12.0 Å². The van der Waals surface area contributed by atoms with E-state index in [1.54, 1.807) is 31.4 Å². The van der Waals surface area contributed by atoms with Crippen molar-refractivity contribution in [3.8, 4) is 5.75 Å². The molecule has 0 spiro atoms. The molecule has 31 heavy (non-hydrogen) atoms. The summed E-state index contributed by atoms with van der Waals surface area (Å²) in [4.78, 5) is 11.8. The van der Waals surface area contributed by atoms with E-state index in [1.807, 2.05) is 12.1 Å². The van der Waals surface area contributed by atoms with Gasteiger partial charge in [0.1, 0.15) is 5.75 Å². The first-order chi connectivity index (χ1) is 14.8. The molecular weight excluding hydrogens is 440 g/mol. The van der Waals surface area contributed by atoms with Crippen LogP contribution in [0.3, 0.4) is 0 Å². The third-order valence-electron chi connectivity index (χ3n) is 5.73. The van der Waals surface area contributed by atoms with Crippen LogP contribution in [0.2, 0.25) is 5.02 Å². The number of ether oxygens (including phenoxy) is 1. The lowest BCUT2D eigenvalue weighted by atomic mass is 9.81. The molecule has 1 fully saturated rings. The first-order valence-electron chi connectivity index (χ1n) is 10.1. The van der Waals surface area contributed by atoms with E-state index in [0.717, 1.165) is 5.56 Å². The minimum absolute atomic E-state index is 0.0999. The van der Waals surface area contributed by atoms with Crippen LogP contribution in [0.1, 0.15) is 31.2 Å². The minimum Gasteiger partial charge on any atom is -0.759 e. The summed E-state index contributed by atoms with van der Waals surface area (Å²) in [5, 5.41) is 11.0. The second-order valence-corrected chi connectivity index (χ2v) is 10.2. The summed E-state index contributed by atoms with van der Waals surface area (Å²) in [6, 6.07) is 13.5. The third-order valence-corrected chi connectivity index (χ3v) is 7.77. The Bertz CT molecular complexity index is 989. The first-order valence-corrected chi connectivity index (χ1v) is 12.0. The molecule has 1 amide bonds. The van der Waals surface area contributed by atoms with E-state index in [2.05, 4.69) is 0 Å². The van der Waals surface area contributed by atoms with E-state index in [1.165, 1.54) is 21.9 Å². The van der Waals surface area contributed by atoms with Crippen LogP contribution in [0.25, 0.3) is 0 Å². The van der Waals surface area contributed by atoms with Crippen LogP contribution in [0.4, 0.5) is 0 Å². The first kappa shape index (κ1) is 23.5. The molecule has 9 heteroatoms. The number of hydrogen-bond donors (Lipinski definition) is 1. The average Bonchev–Trinajstić information content (AvgIpc) is 2.79. The van der Waals surface area contributed by atoms with Crippen molar-refractivity contribution >= 4 is 27.5 Å². The molecule has 2 aromatic rings. The highest BCUT2D eigenvalue weighted by molar-refractivity contribution is 7.89. The van der Waals surface area contributed by atoms with E-state index in [9.17, 15) is 18.4 Å². The number of rotatable bonds is 8. The molecule has 0 atom stereocenters. The largest absolute Gasteiger partial charge is 0.759 e. The molecule has 168 valence electrons. The molecule has 1 aliphatic rings. The summed E-state index contributed by atoms with van der Waals surface area (Å²) in [6.07, 6.45) is 2.52. The van der Waals surface area contributed by atoms with Crippen molar-refractivity contribution < 1.29 is 17.9 Å². The summed E-state index contributed by atoms with van der Waals surface area (Å²) >= 11 is 6.04. The maximum absolute atomic E-state index is 13.4. The zero-order valence-electron chi connectivity index (χ0n) is 17.3. The van der Waals surface area contributed by atoms with E-state index < -0.39 is 15.9 Å². The Labute approximate surface area is 188 Å². The average molecular weight is 466 g/mol. The van der Waals surface area contributed by atoms with E-state index in [0.29, 0.717) is 43.0 Å². The highest BCUT2D eigenvalue weighted by Crippen LogP contribution is 2.32. The predicted octanol–water partition coefficient (Wildman–Crippen LogP) is 3.96. The lowest BCUT2D eigenvalue weighted by Crippen LogP contribution is -2.37. The van der Waals surface area contributed by atoms with Gasteiger partial charge < -0.3 is 15.4 Å². The van der Waals surface area contributed by atoms with Gasteiger partial charge in [0.25, 0.3) is 0 Å². The summed E-state index contributed by atoms with van der Waals surface area (Å²) in [5.41, 5.74) is 2.30. The molecular formula is C22H26ClN2O5S-. The molecule has 0 aromatic heterocycles. The predicted molar refractivity (Wildman–Crippen MR) is 119 cm³/mol. The number of hydroxylamine groups is 1. The molecule has 0 bridgehead atoms. The topological polar surface area (TPSA) is 98.8 Å². The van der Waals surface area contributed by atoms with E-state index in [-0.39, 0.29) is 23.3 Å². The maximum atomic E-state index is 13.4. The van der Waals surface area contributed by atoms with E-state index >= 15 is 0 Å². The van der Waals surface area contributed by atoms with Crippen LogP contribution in [0, 0.1) is 17.0 Å². The van der Waals surface area contributed by atoms with Crippen molar-refractivity contribution in [2.45, 2.75) is 37.1 Å². The van der Waals surface area contributed by atoms with Crippen molar-refractivity contribution in [3.63, 3.8) is 0 Å². The molecule has 3 rings (SSSR count). The standard InChI is InChI=1S/C22H26ClN2O5S/c1-30-20-11-7-17(8-12-20)15-25(31(28,29)21-4-2-3-19(23)13-21)14-16-5-9-18(10-6-16)22(26)24-27/h2-4,7-8,11-13,16,18H,5-6,9-10,14-15H2,1H3,(H-,24,26,27)/q-1. The lowest BCUT2D eigenvalue weighted by molar-refractivity contribution is -0.125. The fourth-order valence-corrected chi connectivity index (χ4v) is 5.74. The fourth-order valence-electron chi connectivity index (χ4n) is 3.94. The number of carbonyl (C=O) groups excluding carboxylic acids is 1. The molecule has 2 aromatic carbocycles. The number of nitrogens with zero attached hydrogens (tertiary/aromatic N) is 1. The molecule has 0 saturated heterocycles. The third kappa shape index (κ3) is 5.98. The van der Waals surface area contributed by atoms with Gasteiger partial charge in [-0.3, -0.25) is 4.79 Å². The number of carbonyl (C=O) groups is 1. The zero-order valence-corrected chi connectivity index (χ0v) is 18.9. The molecule has 7 nitrogen and oxygen atoms in total. The quantitative estimate of drug-likeness (QED) is 0.595. The second kappa shape index (κ2) is 10.5. The molecule has 0 heterocycles. The van der Waals surface area contributed by atoms with Crippen LogP contribution >= 0.6 is 11.6 Å². The lowest BCUT2D eigenvalue weighted by Gasteiger charge is -2.32. The van der Waals surface area contributed by atoms with Gasteiger partial charge in [-0.05, 0) is 67.5 Å². The van der Waals surface area contributed by atoms with Gasteiger partial charge in [-0.1, -0.05) is 29.8 Å². The Morgan fingerprint density at radius 1 is 1.16 bits per heavy atom. The Kier molecular flexibility index (Phi) is 7.94. The van der Waals surface area contributed by atoms with Gasteiger partial charge in [0.15, 0.2) is 0 Å². The van der Waals surface area contributed by atoms with Crippen molar-refractivity contribution in [2.75, 3.05) is 13.7 Å². The van der Waals surface area contributed by atoms with Gasteiger partial charge in [-0.15, -0.1) is 0 Å². The zero-order chi connectivity index (χ0) is 22.4. The number of halogens is 1. The number of nitrogens with one attached hydrogen (secondary N) is 1. The SMILES string of the molecule is COc1ccc(CN(CC2CCC(C(=O)N[O-])CC2)S(=O)(=O)c2cccc(Cl)c2)cc1. The highest BCUT2D eigenvalue weighted by atomic mass is 35.5. The number of hydrogen-bond acceptors (Lipinski definition) is 5. The van der Waals surface area contributed by atoms with Crippen LogP contribution in [0.5, 0.6) is 5.75 Å². The Morgan fingerprint density at radius 2 is 1.84 bits per heavy atom. The van der Waals surface area contributed by atoms with Crippen LogP contribution in [-0.2, 0) is 21.4 Å². The van der Waals surface area contributed by atoms with Gasteiger partial charge in [0.2, 0.25) is 15.9 Å². The maximum Gasteiger partial charge on any atom is 0.243 e. The Balaban J connectivity index is 1.81. The number of amides is 1. The molecule has 0 aliphatic heterocycles. The van der Waals surface area contributed by atoms with Crippen molar-refractivity contribution in [2.24, 2.45) is 11.8 Å². The van der Waals surface area contributed by atoms with Gasteiger partial charge in [-0.2, -0.15) is 4.31 Å². The molecule has 0 unspecified atom stereocenters. The van der Waals surface area contributed by atoms with Gasteiger partial charge in [-0.25, -0.2) is 8.42 Å². The van der Waals surface area contributed by atoms with Crippen molar-refractivity contribution in [1.82, 2.24) is 9.79 Å². The second-order valence-electron chi connectivity index (χ2n) is 7.79. The van der Waals surface area contributed by atoms with Gasteiger partial charge in [0, 0.05) is 24.0 Å². The number of sulfonamides is 1.